The van der Waals surface area contributed by atoms with Crippen molar-refractivity contribution >= 4 is 23.9 Å². The molecule has 2 aromatic carbocycles. The lowest BCUT2D eigenvalue weighted by molar-refractivity contribution is -0.155. The van der Waals surface area contributed by atoms with Gasteiger partial charge in [-0.25, -0.2) is 0 Å². The first-order valence-corrected chi connectivity index (χ1v) is 19.1. The van der Waals surface area contributed by atoms with Gasteiger partial charge in [-0.15, -0.1) is 0 Å². The van der Waals surface area contributed by atoms with Crippen LogP contribution in [0.25, 0.3) is 0 Å². The number of hydrogen-bond donors (Lipinski definition) is 2. The van der Waals surface area contributed by atoms with Gasteiger partial charge in [0.25, 0.3) is 0 Å². The molecule has 4 atom stereocenters. The van der Waals surface area contributed by atoms with Crippen LogP contribution in [-0.2, 0) is 51.0 Å². The molecule has 2 N–H and O–H groups in total. The first-order valence-electron chi connectivity index (χ1n) is 19.1. The number of phenolic OH excluding ortho intramolecular Hbond substituents is 2. The minimum atomic E-state index is -0.349. The summed E-state index contributed by atoms with van der Waals surface area (Å²) in [4.78, 5) is 45.8. The molecule has 0 aliphatic carbocycles. The Bertz CT molecular complexity index is 1300. The fourth-order valence-electron chi connectivity index (χ4n) is 6.08. The third kappa shape index (κ3) is 21.3. The third-order valence-electron chi connectivity index (χ3n) is 8.64. The molecular formula is C42H64O12. The zero-order chi connectivity index (χ0) is 40.5. The number of carbonyl (C=O) groups is 4. The van der Waals surface area contributed by atoms with Crippen molar-refractivity contribution in [2.24, 2.45) is 0 Å². The van der Waals surface area contributed by atoms with E-state index in [0.717, 1.165) is 62.5 Å². The fraction of sp³-hybridized carbons (Fsp3) is 0.619. The molecule has 0 saturated carbocycles. The molecule has 0 unspecified atom stereocenters. The van der Waals surface area contributed by atoms with E-state index in [4.69, 9.17) is 28.4 Å². The van der Waals surface area contributed by atoms with Crippen LogP contribution in [0.3, 0.4) is 0 Å². The van der Waals surface area contributed by atoms with E-state index >= 15 is 0 Å². The van der Waals surface area contributed by atoms with Crippen LogP contribution in [0, 0.1) is 0 Å². The van der Waals surface area contributed by atoms with Crippen LogP contribution in [0.1, 0.15) is 130 Å². The number of esters is 4. The summed E-state index contributed by atoms with van der Waals surface area (Å²) in [5, 5.41) is 19.4. The molecular weight excluding hydrogens is 696 g/mol. The average molecular weight is 761 g/mol. The maximum absolute atomic E-state index is 11.5. The Morgan fingerprint density at radius 3 is 1.11 bits per heavy atom. The molecule has 54 heavy (non-hydrogen) atoms. The molecule has 2 rings (SSSR count). The summed E-state index contributed by atoms with van der Waals surface area (Å²) in [6.45, 7) is 9.80. The molecule has 0 spiro atoms. The Morgan fingerprint density at radius 1 is 0.519 bits per heavy atom. The highest BCUT2D eigenvalue weighted by molar-refractivity contribution is 5.67. The monoisotopic (exact) mass is 760 g/mol. The van der Waals surface area contributed by atoms with Crippen molar-refractivity contribution in [3.05, 3.63) is 47.5 Å². The van der Waals surface area contributed by atoms with Crippen LogP contribution in [0.5, 0.6) is 23.0 Å². The second-order valence-corrected chi connectivity index (χ2v) is 13.5. The van der Waals surface area contributed by atoms with E-state index < -0.39 is 0 Å². The zero-order valence-corrected chi connectivity index (χ0v) is 33.6. The summed E-state index contributed by atoms with van der Waals surface area (Å²) >= 11 is 0. The molecule has 0 fully saturated rings. The van der Waals surface area contributed by atoms with Gasteiger partial charge >= 0.3 is 23.9 Å². The standard InChI is InChI=1S/2C21H32O6/c2*1-5-6-7-8-18(26-15(2)22)14-19(27-16(3)23)11-9-17-10-12-20(24)21(13-17)25-4/h2*10,12-13,18-19,24H,5-9,11,14H2,1-4H3/t18-,19+;18-,19-/m00/s1. The Labute approximate surface area is 321 Å². The predicted molar refractivity (Wildman–Crippen MR) is 206 cm³/mol. The second kappa shape index (κ2) is 27.2. The van der Waals surface area contributed by atoms with Crippen molar-refractivity contribution in [2.45, 2.75) is 156 Å². The number of aryl methyl sites for hydroxylation is 2. The SMILES string of the molecule is CCCCC[C@@H](C[C@@H](CCc1ccc(O)c(OC)c1)OC(C)=O)OC(C)=O.CCCCC[C@@H](C[C@H](CCc1ccc(O)c(OC)c1)OC(C)=O)OC(C)=O. The number of benzene rings is 2. The molecule has 0 radical (unpaired) electrons. The lowest BCUT2D eigenvalue weighted by Gasteiger charge is -2.23. The molecule has 0 amide bonds. The number of phenols is 2. The first kappa shape index (κ1) is 47.5. The molecule has 2 aromatic rings. The van der Waals surface area contributed by atoms with Gasteiger partial charge in [-0.05, 0) is 86.8 Å². The molecule has 0 aliphatic heterocycles. The molecule has 0 aliphatic rings. The summed E-state index contributed by atoms with van der Waals surface area (Å²) < 4.78 is 32.0. The van der Waals surface area contributed by atoms with Crippen LogP contribution < -0.4 is 9.47 Å². The predicted octanol–water partition coefficient (Wildman–Crippen LogP) is 8.33. The van der Waals surface area contributed by atoms with Crippen LogP contribution in [0.15, 0.2) is 36.4 Å². The van der Waals surface area contributed by atoms with Gasteiger partial charge in [0.05, 0.1) is 14.2 Å². The molecule has 0 bridgehead atoms. The van der Waals surface area contributed by atoms with Crippen molar-refractivity contribution in [1.82, 2.24) is 0 Å². The molecule has 0 aromatic heterocycles. The number of aromatic hydroxyl groups is 2. The minimum absolute atomic E-state index is 0.0867. The van der Waals surface area contributed by atoms with Crippen LogP contribution in [0.4, 0.5) is 0 Å². The molecule has 12 heteroatoms. The molecule has 0 heterocycles. The summed E-state index contributed by atoms with van der Waals surface area (Å²) in [5.41, 5.74) is 1.94. The maximum Gasteiger partial charge on any atom is 0.302 e. The van der Waals surface area contributed by atoms with Gasteiger partial charge in [0.15, 0.2) is 23.0 Å². The minimum Gasteiger partial charge on any atom is -0.504 e. The molecule has 304 valence electrons. The second-order valence-electron chi connectivity index (χ2n) is 13.5. The summed E-state index contributed by atoms with van der Waals surface area (Å²) in [5.74, 6) is -0.338. The number of carbonyl (C=O) groups excluding carboxylic acids is 4. The van der Waals surface area contributed by atoms with Gasteiger partial charge in [-0.1, -0.05) is 51.7 Å². The number of unbranched alkanes of at least 4 members (excludes halogenated alkanes) is 4. The Kier molecular flexibility index (Phi) is 23.9. The van der Waals surface area contributed by atoms with Crippen LogP contribution >= 0.6 is 0 Å². The highest BCUT2D eigenvalue weighted by Crippen LogP contribution is 2.29. The number of methoxy groups -OCH3 is 2. The van der Waals surface area contributed by atoms with Crippen molar-refractivity contribution in [3.8, 4) is 23.0 Å². The summed E-state index contributed by atoms with van der Waals surface area (Å²) in [6.07, 6.45) is 10.0. The number of ether oxygens (including phenoxy) is 6. The van der Waals surface area contributed by atoms with E-state index in [0.29, 0.717) is 50.0 Å². The Balaban J connectivity index is 0.000000540. The highest BCUT2D eigenvalue weighted by Gasteiger charge is 2.23. The molecule has 0 saturated heterocycles. The normalized spacial score (nSPS) is 12.9. The van der Waals surface area contributed by atoms with Gasteiger partial charge in [0.2, 0.25) is 0 Å². The Morgan fingerprint density at radius 2 is 0.833 bits per heavy atom. The van der Waals surface area contributed by atoms with E-state index in [9.17, 15) is 29.4 Å². The first-order chi connectivity index (χ1) is 25.7. The van der Waals surface area contributed by atoms with Crippen molar-refractivity contribution in [1.29, 1.82) is 0 Å². The van der Waals surface area contributed by atoms with Crippen LogP contribution in [0.2, 0.25) is 0 Å². The topological polar surface area (TPSA) is 164 Å². The van der Waals surface area contributed by atoms with Crippen LogP contribution in [-0.4, -0.2) is 72.7 Å². The highest BCUT2D eigenvalue weighted by atomic mass is 16.6. The lowest BCUT2D eigenvalue weighted by atomic mass is 9.99. The zero-order valence-electron chi connectivity index (χ0n) is 33.6. The number of hydrogen-bond acceptors (Lipinski definition) is 12. The van der Waals surface area contributed by atoms with Gasteiger partial charge in [0.1, 0.15) is 24.4 Å². The lowest BCUT2D eigenvalue weighted by Crippen LogP contribution is -2.27. The average Bonchev–Trinajstić information content (AvgIpc) is 3.10. The summed E-state index contributed by atoms with van der Waals surface area (Å²) in [6, 6.07) is 10.3. The van der Waals surface area contributed by atoms with E-state index in [-0.39, 0.29) is 59.8 Å². The van der Waals surface area contributed by atoms with E-state index in [1.54, 1.807) is 24.3 Å². The largest absolute Gasteiger partial charge is 0.504 e. The number of rotatable bonds is 24. The Hall–Kier alpha value is -4.48. The summed E-state index contributed by atoms with van der Waals surface area (Å²) in [7, 11) is 3.00. The van der Waals surface area contributed by atoms with Gasteiger partial charge in [0, 0.05) is 40.5 Å². The van der Waals surface area contributed by atoms with E-state index in [1.807, 2.05) is 12.1 Å². The van der Waals surface area contributed by atoms with Gasteiger partial charge in [-0.2, -0.15) is 0 Å². The van der Waals surface area contributed by atoms with Crippen molar-refractivity contribution < 1.29 is 57.8 Å². The van der Waals surface area contributed by atoms with E-state index in [1.165, 1.54) is 41.9 Å². The van der Waals surface area contributed by atoms with Crippen molar-refractivity contribution in [3.63, 3.8) is 0 Å². The van der Waals surface area contributed by atoms with Crippen molar-refractivity contribution in [2.75, 3.05) is 14.2 Å². The van der Waals surface area contributed by atoms with E-state index in [2.05, 4.69) is 13.8 Å². The van der Waals surface area contributed by atoms with Gasteiger partial charge < -0.3 is 38.6 Å². The fourth-order valence-corrected chi connectivity index (χ4v) is 6.08. The van der Waals surface area contributed by atoms with Gasteiger partial charge in [-0.3, -0.25) is 19.2 Å². The molecule has 12 nitrogen and oxygen atoms in total. The quantitative estimate of drug-likeness (QED) is 0.0598. The smallest absolute Gasteiger partial charge is 0.302 e. The third-order valence-corrected chi connectivity index (χ3v) is 8.64. The maximum atomic E-state index is 11.5.